The molecule has 0 bridgehead atoms. The van der Waals surface area contributed by atoms with Gasteiger partial charge in [-0.2, -0.15) is 0 Å². The summed E-state index contributed by atoms with van der Waals surface area (Å²) >= 11 is 0. The summed E-state index contributed by atoms with van der Waals surface area (Å²) in [5, 5.41) is 8.84. The number of carboxylic acid groups (broad SMARTS) is 1. The first-order valence-electron chi connectivity index (χ1n) is 6.22. The van der Waals surface area contributed by atoms with Crippen molar-refractivity contribution in [1.82, 2.24) is 9.88 Å². The minimum atomic E-state index is -0.766. The Kier molecular flexibility index (Phi) is 4.84. The Bertz CT molecular complexity index is 385. The van der Waals surface area contributed by atoms with Crippen molar-refractivity contribution in [3.63, 3.8) is 0 Å². The van der Waals surface area contributed by atoms with Gasteiger partial charge in [0, 0.05) is 24.3 Å². The summed E-state index contributed by atoms with van der Waals surface area (Å²) in [6.45, 7) is 8.86. The highest BCUT2D eigenvalue weighted by Gasteiger charge is 2.27. The third-order valence-electron chi connectivity index (χ3n) is 3.01. The SMILES string of the molecule is CC(c1ccccn1)N(CCC(=O)O)C(C)(C)C. The Labute approximate surface area is 109 Å². The van der Waals surface area contributed by atoms with E-state index < -0.39 is 5.97 Å². The summed E-state index contributed by atoms with van der Waals surface area (Å²) in [6.07, 6.45) is 1.91. The number of aromatic nitrogens is 1. The maximum Gasteiger partial charge on any atom is 0.304 e. The quantitative estimate of drug-likeness (QED) is 0.873. The van der Waals surface area contributed by atoms with E-state index in [1.54, 1.807) is 6.20 Å². The number of carbonyl (C=O) groups is 1. The van der Waals surface area contributed by atoms with Gasteiger partial charge in [-0.15, -0.1) is 0 Å². The highest BCUT2D eigenvalue weighted by Crippen LogP contribution is 2.26. The second kappa shape index (κ2) is 5.96. The average Bonchev–Trinajstić information content (AvgIpc) is 2.28. The number of hydrogen-bond donors (Lipinski definition) is 1. The Balaban J connectivity index is 2.86. The maximum absolute atomic E-state index is 10.7. The van der Waals surface area contributed by atoms with Gasteiger partial charge in [-0.1, -0.05) is 6.07 Å². The van der Waals surface area contributed by atoms with E-state index in [-0.39, 0.29) is 18.0 Å². The van der Waals surface area contributed by atoms with Gasteiger partial charge in [0.25, 0.3) is 0 Å². The number of rotatable bonds is 5. The van der Waals surface area contributed by atoms with Gasteiger partial charge in [0.05, 0.1) is 12.1 Å². The molecule has 1 rings (SSSR count). The Morgan fingerprint density at radius 2 is 2.11 bits per heavy atom. The Morgan fingerprint density at radius 1 is 1.44 bits per heavy atom. The molecule has 0 aliphatic rings. The largest absolute Gasteiger partial charge is 0.481 e. The van der Waals surface area contributed by atoms with Gasteiger partial charge < -0.3 is 5.11 Å². The van der Waals surface area contributed by atoms with Crippen LogP contribution in [0.15, 0.2) is 24.4 Å². The van der Waals surface area contributed by atoms with Crippen molar-refractivity contribution in [1.29, 1.82) is 0 Å². The molecule has 1 heterocycles. The van der Waals surface area contributed by atoms with Crippen LogP contribution in [0.25, 0.3) is 0 Å². The number of aliphatic carboxylic acids is 1. The second-order valence-electron chi connectivity index (χ2n) is 5.44. The van der Waals surface area contributed by atoms with Gasteiger partial charge in [0.15, 0.2) is 0 Å². The molecule has 0 radical (unpaired) electrons. The van der Waals surface area contributed by atoms with Crippen LogP contribution in [0.5, 0.6) is 0 Å². The van der Waals surface area contributed by atoms with Crippen molar-refractivity contribution >= 4 is 5.97 Å². The van der Waals surface area contributed by atoms with Crippen LogP contribution in [0.4, 0.5) is 0 Å². The fraction of sp³-hybridized carbons (Fsp3) is 0.571. The number of pyridine rings is 1. The van der Waals surface area contributed by atoms with Crippen LogP contribution in [0.1, 0.15) is 45.9 Å². The third-order valence-corrected chi connectivity index (χ3v) is 3.01. The van der Waals surface area contributed by atoms with Crippen LogP contribution in [-0.2, 0) is 4.79 Å². The van der Waals surface area contributed by atoms with E-state index in [2.05, 4.69) is 37.6 Å². The highest BCUT2D eigenvalue weighted by molar-refractivity contribution is 5.66. The second-order valence-corrected chi connectivity index (χ2v) is 5.44. The topological polar surface area (TPSA) is 53.4 Å². The summed E-state index contributed by atoms with van der Waals surface area (Å²) in [5.74, 6) is -0.766. The molecule has 1 unspecified atom stereocenters. The zero-order valence-corrected chi connectivity index (χ0v) is 11.6. The highest BCUT2D eigenvalue weighted by atomic mass is 16.4. The van der Waals surface area contributed by atoms with Gasteiger partial charge in [0.1, 0.15) is 0 Å². The van der Waals surface area contributed by atoms with E-state index in [0.717, 1.165) is 5.69 Å². The molecule has 1 aromatic rings. The molecule has 0 amide bonds. The van der Waals surface area contributed by atoms with Crippen LogP contribution in [0, 0.1) is 0 Å². The molecule has 100 valence electrons. The van der Waals surface area contributed by atoms with Crippen LogP contribution in [0.2, 0.25) is 0 Å². The molecule has 0 aliphatic heterocycles. The van der Waals surface area contributed by atoms with Gasteiger partial charge >= 0.3 is 5.97 Å². The zero-order valence-electron chi connectivity index (χ0n) is 11.6. The fourth-order valence-electron chi connectivity index (χ4n) is 2.11. The van der Waals surface area contributed by atoms with Crippen molar-refractivity contribution in [2.75, 3.05) is 6.54 Å². The van der Waals surface area contributed by atoms with E-state index in [1.165, 1.54) is 0 Å². The van der Waals surface area contributed by atoms with Crippen molar-refractivity contribution in [3.05, 3.63) is 30.1 Å². The fourth-order valence-corrected chi connectivity index (χ4v) is 2.11. The lowest BCUT2D eigenvalue weighted by atomic mass is 10.0. The molecule has 18 heavy (non-hydrogen) atoms. The molecular weight excluding hydrogens is 228 g/mol. The number of carboxylic acids is 1. The Hall–Kier alpha value is -1.42. The lowest BCUT2D eigenvalue weighted by Crippen LogP contribution is -2.44. The minimum absolute atomic E-state index is 0.0909. The molecule has 0 aliphatic carbocycles. The molecule has 1 atom stereocenters. The Morgan fingerprint density at radius 3 is 2.56 bits per heavy atom. The van der Waals surface area contributed by atoms with E-state index in [9.17, 15) is 4.79 Å². The van der Waals surface area contributed by atoms with Crippen LogP contribution in [0.3, 0.4) is 0 Å². The summed E-state index contributed by atoms with van der Waals surface area (Å²) in [4.78, 5) is 17.3. The van der Waals surface area contributed by atoms with Crippen LogP contribution < -0.4 is 0 Å². The molecule has 4 nitrogen and oxygen atoms in total. The molecule has 1 aromatic heterocycles. The van der Waals surface area contributed by atoms with Crippen LogP contribution >= 0.6 is 0 Å². The maximum atomic E-state index is 10.7. The third kappa shape index (κ3) is 4.11. The molecule has 0 aromatic carbocycles. The van der Waals surface area contributed by atoms with Crippen molar-refractivity contribution in [2.24, 2.45) is 0 Å². The molecule has 1 N–H and O–H groups in total. The van der Waals surface area contributed by atoms with Gasteiger partial charge in [-0.3, -0.25) is 14.7 Å². The predicted molar refractivity (Wildman–Crippen MR) is 71.4 cm³/mol. The van der Waals surface area contributed by atoms with Crippen molar-refractivity contribution < 1.29 is 9.90 Å². The molecule has 0 spiro atoms. The van der Waals surface area contributed by atoms with Gasteiger partial charge in [0.2, 0.25) is 0 Å². The molecule has 0 fully saturated rings. The molecule has 4 heteroatoms. The molecule has 0 saturated heterocycles. The van der Waals surface area contributed by atoms with E-state index in [0.29, 0.717) is 6.54 Å². The predicted octanol–water partition coefficient (Wildman–Crippen LogP) is 2.72. The van der Waals surface area contributed by atoms with Gasteiger partial charge in [-0.25, -0.2) is 0 Å². The normalized spacial score (nSPS) is 13.6. The van der Waals surface area contributed by atoms with E-state index in [1.807, 2.05) is 18.2 Å². The molecular formula is C14H22N2O2. The van der Waals surface area contributed by atoms with Gasteiger partial charge in [-0.05, 0) is 39.8 Å². The number of nitrogens with zero attached hydrogens (tertiary/aromatic N) is 2. The zero-order chi connectivity index (χ0) is 13.8. The number of hydrogen-bond acceptors (Lipinski definition) is 3. The van der Waals surface area contributed by atoms with Crippen molar-refractivity contribution in [3.8, 4) is 0 Å². The summed E-state index contributed by atoms with van der Waals surface area (Å²) in [7, 11) is 0. The smallest absolute Gasteiger partial charge is 0.304 e. The average molecular weight is 250 g/mol. The standard InChI is InChI=1S/C14H22N2O2/c1-11(12-7-5-6-9-15-12)16(14(2,3)4)10-8-13(17)18/h5-7,9,11H,8,10H2,1-4H3,(H,17,18). The minimum Gasteiger partial charge on any atom is -0.481 e. The first kappa shape index (κ1) is 14.6. The lowest BCUT2D eigenvalue weighted by Gasteiger charge is -2.39. The van der Waals surface area contributed by atoms with E-state index >= 15 is 0 Å². The van der Waals surface area contributed by atoms with Crippen LogP contribution in [-0.4, -0.2) is 33.0 Å². The summed E-state index contributed by atoms with van der Waals surface area (Å²) < 4.78 is 0. The van der Waals surface area contributed by atoms with Crippen molar-refractivity contribution in [2.45, 2.75) is 45.7 Å². The summed E-state index contributed by atoms with van der Waals surface area (Å²) in [6, 6.07) is 5.92. The first-order chi connectivity index (χ1) is 8.32. The first-order valence-corrected chi connectivity index (χ1v) is 6.22. The monoisotopic (exact) mass is 250 g/mol. The summed E-state index contributed by atoms with van der Waals surface area (Å²) in [5.41, 5.74) is 0.879. The molecule has 0 saturated carbocycles. The lowest BCUT2D eigenvalue weighted by molar-refractivity contribution is -0.137. The van der Waals surface area contributed by atoms with E-state index in [4.69, 9.17) is 5.11 Å².